The quantitative estimate of drug-likeness (QED) is 0.599. The normalized spacial score (nSPS) is 10.9. The molecule has 2 heterocycles. The number of nitrogens with zero attached hydrogens (tertiary/aromatic N) is 3. The minimum absolute atomic E-state index is 0.242. The van der Waals surface area contributed by atoms with Gasteiger partial charge in [0.2, 0.25) is 0 Å². The number of rotatable bonds is 3. The first-order valence-corrected chi connectivity index (χ1v) is 8.78. The summed E-state index contributed by atoms with van der Waals surface area (Å²) in [5, 5.41) is 7.63. The largest absolute Gasteiger partial charge is 0.320 e. The minimum atomic E-state index is -0.242. The van der Waals surface area contributed by atoms with Gasteiger partial charge in [-0.3, -0.25) is 9.48 Å². The number of anilines is 1. The molecule has 2 aromatic heterocycles. The molecule has 0 aliphatic heterocycles. The number of aromatic nitrogens is 3. The summed E-state index contributed by atoms with van der Waals surface area (Å²) in [5.41, 5.74) is 3.15. The van der Waals surface area contributed by atoms with E-state index < -0.39 is 0 Å². The van der Waals surface area contributed by atoms with Crippen molar-refractivity contribution in [3.63, 3.8) is 0 Å². The highest BCUT2D eigenvalue weighted by Crippen LogP contribution is 2.26. The van der Waals surface area contributed by atoms with Gasteiger partial charge in [0.25, 0.3) is 5.91 Å². The fraction of sp³-hybridized carbons (Fsp3) is 0.176. The summed E-state index contributed by atoms with van der Waals surface area (Å²) in [6, 6.07) is 9.53. The summed E-state index contributed by atoms with van der Waals surface area (Å²) >= 11 is 8.39. The van der Waals surface area contributed by atoms with Gasteiger partial charge < -0.3 is 9.88 Å². The number of halogens is 2. The molecule has 0 radical (unpaired) electrons. The van der Waals surface area contributed by atoms with E-state index in [0.717, 1.165) is 20.8 Å². The van der Waals surface area contributed by atoms with Crippen LogP contribution in [0.2, 0.25) is 5.02 Å². The summed E-state index contributed by atoms with van der Waals surface area (Å²) in [4.78, 5) is 12.8. The van der Waals surface area contributed by atoms with E-state index in [2.05, 4.69) is 33.0 Å². The molecule has 0 aliphatic rings. The maximum Gasteiger partial charge on any atom is 0.261 e. The van der Waals surface area contributed by atoms with E-state index in [1.807, 2.05) is 49.7 Å². The fourth-order valence-electron chi connectivity index (χ4n) is 2.64. The number of nitrogens with one attached hydrogen (secondary N) is 1. The van der Waals surface area contributed by atoms with Crippen molar-refractivity contribution in [3.8, 4) is 5.82 Å². The Morgan fingerprint density at radius 1 is 1.21 bits per heavy atom. The summed E-state index contributed by atoms with van der Waals surface area (Å²) in [5.74, 6) is 0.489. The standard InChI is InChI=1S/C17H16ClIN4O/c1-10-4-5-11(2)23(10)17-13(9-20-22(17)3)16(24)21-15-7-6-12(19)8-14(15)18/h4-9H,1-3H3,(H,21,24). The van der Waals surface area contributed by atoms with E-state index in [9.17, 15) is 4.79 Å². The van der Waals surface area contributed by atoms with Gasteiger partial charge in [-0.25, -0.2) is 0 Å². The lowest BCUT2D eigenvalue weighted by Gasteiger charge is -2.13. The summed E-state index contributed by atoms with van der Waals surface area (Å²) in [6.07, 6.45) is 1.57. The van der Waals surface area contributed by atoms with Gasteiger partial charge in [-0.2, -0.15) is 5.10 Å². The molecule has 124 valence electrons. The summed E-state index contributed by atoms with van der Waals surface area (Å²) in [6.45, 7) is 4.00. The maximum atomic E-state index is 12.8. The highest BCUT2D eigenvalue weighted by Gasteiger charge is 2.20. The molecule has 0 unspecified atom stereocenters. The van der Waals surface area contributed by atoms with Crippen LogP contribution in [0.5, 0.6) is 0 Å². The van der Waals surface area contributed by atoms with Crippen LogP contribution in [0.4, 0.5) is 5.69 Å². The first kappa shape index (κ1) is 17.0. The van der Waals surface area contributed by atoms with Crippen LogP contribution in [-0.2, 0) is 7.05 Å². The second-order valence-electron chi connectivity index (χ2n) is 5.54. The number of carbonyl (C=O) groups excluding carboxylic acids is 1. The van der Waals surface area contributed by atoms with Gasteiger partial charge in [0.15, 0.2) is 0 Å². The Bertz CT molecular complexity index is 909. The molecule has 0 bridgehead atoms. The topological polar surface area (TPSA) is 51.9 Å². The lowest BCUT2D eigenvalue weighted by atomic mass is 10.2. The average Bonchev–Trinajstić information content (AvgIpc) is 3.05. The molecule has 7 heteroatoms. The second-order valence-corrected chi connectivity index (χ2v) is 7.19. The summed E-state index contributed by atoms with van der Waals surface area (Å²) < 4.78 is 4.72. The number of benzene rings is 1. The molecule has 0 atom stereocenters. The van der Waals surface area contributed by atoms with E-state index in [1.165, 1.54) is 0 Å². The van der Waals surface area contributed by atoms with E-state index in [4.69, 9.17) is 11.6 Å². The van der Waals surface area contributed by atoms with E-state index >= 15 is 0 Å². The minimum Gasteiger partial charge on any atom is -0.320 e. The van der Waals surface area contributed by atoms with Gasteiger partial charge in [0, 0.05) is 22.0 Å². The monoisotopic (exact) mass is 454 g/mol. The lowest BCUT2D eigenvalue weighted by molar-refractivity contribution is 0.102. The van der Waals surface area contributed by atoms with Crippen molar-refractivity contribution in [3.05, 3.63) is 62.1 Å². The van der Waals surface area contributed by atoms with Gasteiger partial charge in [0.05, 0.1) is 16.9 Å². The van der Waals surface area contributed by atoms with Gasteiger partial charge in [-0.1, -0.05) is 11.6 Å². The van der Waals surface area contributed by atoms with Crippen LogP contribution in [-0.4, -0.2) is 20.3 Å². The SMILES string of the molecule is Cc1ccc(C)n1-c1c(C(=O)Nc2ccc(I)cc2Cl)cnn1C. The Morgan fingerprint density at radius 3 is 2.50 bits per heavy atom. The van der Waals surface area contributed by atoms with Crippen LogP contribution in [0.25, 0.3) is 5.82 Å². The van der Waals surface area contributed by atoms with Gasteiger partial charge in [0.1, 0.15) is 11.4 Å². The highest BCUT2D eigenvalue weighted by atomic mass is 127. The predicted octanol–water partition coefficient (Wildman–Crippen LogP) is 4.34. The number of aryl methyl sites for hydroxylation is 3. The van der Waals surface area contributed by atoms with Gasteiger partial charge in [-0.15, -0.1) is 0 Å². The van der Waals surface area contributed by atoms with Crippen molar-refractivity contribution in [1.29, 1.82) is 0 Å². The van der Waals surface area contributed by atoms with Crippen LogP contribution in [0.1, 0.15) is 21.7 Å². The van der Waals surface area contributed by atoms with Crippen LogP contribution in [0.3, 0.4) is 0 Å². The predicted molar refractivity (Wildman–Crippen MR) is 104 cm³/mol. The van der Waals surface area contributed by atoms with Crippen molar-refractivity contribution in [2.45, 2.75) is 13.8 Å². The molecule has 0 aliphatic carbocycles. The van der Waals surface area contributed by atoms with E-state index in [1.54, 1.807) is 16.9 Å². The number of hydrogen-bond acceptors (Lipinski definition) is 2. The fourth-order valence-corrected chi connectivity index (χ4v) is 3.54. The molecule has 0 spiro atoms. The zero-order valence-electron chi connectivity index (χ0n) is 13.5. The Morgan fingerprint density at radius 2 is 1.88 bits per heavy atom. The number of hydrogen-bond donors (Lipinski definition) is 1. The van der Waals surface area contributed by atoms with E-state index in [-0.39, 0.29) is 5.91 Å². The molecule has 5 nitrogen and oxygen atoms in total. The molecule has 3 aromatic rings. The Balaban J connectivity index is 2.00. The van der Waals surface area contributed by atoms with Crippen molar-refractivity contribution >= 4 is 45.8 Å². The Labute approximate surface area is 158 Å². The second kappa shape index (κ2) is 6.60. The Kier molecular flexibility index (Phi) is 4.69. The van der Waals surface area contributed by atoms with Crippen LogP contribution < -0.4 is 5.32 Å². The van der Waals surface area contributed by atoms with Gasteiger partial charge >= 0.3 is 0 Å². The molecule has 0 saturated heterocycles. The molecular formula is C17H16ClIN4O. The van der Waals surface area contributed by atoms with Crippen LogP contribution in [0.15, 0.2) is 36.5 Å². The zero-order chi connectivity index (χ0) is 17.4. The third kappa shape index (κ3) is 3.08. The lowest BCUT2D eigenvalue weighted by Crippen LogP contribution is -2.16. The molecule has 0 fully saturated rings. The van der Waals surface area contributed by atoms with Gasteiger partial charge in [-0.05, 0) is 66.8 Å². The first-order chi connectivity index (χ1) is 11.4. The third-order valence-electron chi connectivity index (χ3n) is 3.81. The number of carbonyl (C=O) groups is 1. The van der Waals surface area contributed by atoms with Crippen LogP contribution in [0, 0.1) is 17.4 Å². The smallest absolute Gasteiger partial charge is 0.261 e. The molecule has 3 rings (SSSR count). The molecular weight excluding hydrogens is 439 g/mol. The highest BCUT2D eigenvalue weighted by molar-refractivity contribution is 14.1. The molecule has 0 saturated carbocycles. The maximum absolute atomic E-state index is 12.8. The third-order valence-corrected chi connectivity index (χ3v) is 4.80. The summed E-state index contributed by atoms with van der Waals surface area (Å²) in [7, 11) is 1.82. The van der Waals surface area contributed by atoms with Crippen molar-refractivity contribution in [2.75, 3.05) is 5.32 Å². The molecule has 1 amide bonds. The molecule has 1 N–H and O–H groups in total. The molecule has 1 aromatic carbocycles. The zero-order valence-corrected chi connectivity index (χ0v) is 16.4. The van der Waals surface area contributed by atoms with Crippen molar-refractivity contribution in [2.24, 2.45) is 7.05 Å². The van der Waals surface area contributed by atoms with Crippen molar-refractivity contribution in [1.82, 2.24) is 14.3 Å². The average molecular weight is 455 g/mol. The molecule has 24 heavy (non-hydrogen) atoms. The van der Waals surface area contributed by atoms with E-state index in [0.29, 0.717) is 16.3 Å². The van der Waals surface area contributed by atoms with Crippen LogP contribution >= 0.6 is 34.2 Å². The number of amides is 1. The first-order valence-electron chi connectivity index (χ1n) is 7.32. The Hall–Kier alpha value is -1.80. The van der Waals surface area contributed by atoms with Crippen molar-refractivity contribution < 1.29 is 4.79 Å².